The monoisotopic (exact) mass is 311 g/mol. The number of nitrogens with two attached hydrogens (primary N) is 1. The first-order valence-corrected chi connectivity index (χ1v) is 5.88. The fraction of sp³-hybridized carbons (Fsp3) is 0.800. The number of cyclic esters (lactones) is 2. The van der Waals surface area contributed by atoms with Crippen molar-refractivity contribution >= 4 is 11.9 Å². The SMILES string of the molecule is NC1CC(=O)OC(O)([C@H](O)[C@H](O)[C@H](O)[C@@H](O)CO)OC1=O. The fourth-order valence-electron chi connectivity index (χ4n) is 1.57. The summed E-state index contributed by atoms with van der Waals surface area (Å²) >= 11 is 0. The molecule has 11 nitrogen and oxygen atoms in total. The second-order valence-electron chi connectivity index (χ2n) is 4.51. The predicted molar refractivity (Wildman–Crippen MR) is 60.8 cm³/mol. The minimum absolute atomic E-state index is 0.633. The van der Waals surface area contributed by atoms with Crippen LogP contribution in [0.3, 0.4) is 0 Å². The number of carbonyl (C=O) groups is 2. The Labute approximate surface area is 118 Å². The van der Waals surface area contributed by atoms with Crippen molar-refractivity contribution in [1.82, 2.24) is 0 Å². The van der Waals surface area contributed by atoms with Crippen LogP contribution in [0, 0.1) is 0 Å². The van der Waals surface area contributed by atoms with E-state index in [-0.39, 0.29) is 0 Å². The summed E-state index contributed by atoms with van der Waals surface area (Å²) in [5, 5.41) is 56.3. The Morgan fingerprint density at radius 1 is 1.19 bits per heavy atom. The Morgan fingerprint density at radius 3 is 2.29 bits per heavy atom. The summed E-state index contributed by atoms with van der Waals surface area (Å²) in [6, 6.07) is -1.44. The molecular formula is C10H17NO10. The normalized spacial score (nSPS) is 32.4. The van der Waals surface area contributed by atoms with Gasteiger partial charge in [0, 0.05) is 0 Å². The number of hydrogen-bond donors (Lipinski definition) is 7. The Hall–Kier alpha value is -1.34. The lowest BCUT2D eigenvalue weighted by Crippen LogP contribution is -2.59. The lowest BCUT2D eigenvalue weighted by atomic mass is 10.0. The van der Waals surface area contributed by atoms with Gasteiger partial charge in [0.25, 0.3) is 0 Å². The van der Waals surface area contributed by atoms with Gasteiger partial charge in [0.05, 0.1) is 13.0 Å². The predicted octanol–water partition coefficient (Wildman–Crippen LogP) is -5.11. The third kappa shape index (κ3) is 3.85. The van der Waals surface area contributed by atoms with Crippen LogP contribution in [0.2, 0.25) is 0 Å². The van der Waals surface area contributed by atoms with Gasteiger partial charge in [0.2, 0.25) is 0 Å². The van der Waals surface area contributed by atoms with E-state index in [1.807, 2.05) is 0 Å². The van der Waals surface area contributed by atoms with Gasteiger partial charge in [-0.15, -0.1) is 0 Å². The maximum atomic E-state index is 11.4. The van der Waals surface area contributed by atoms with E-state index in [0.29, 0.717) is 0 Å². The molecule has 0 bridgehead atoms. The molecule has 8 N–H and O–H groups in total. The van der Waals surface area contributed by atoms with E-state index in [1.54, 1.807) is 0 Å². The Morgan fingerprint density at radius 2 is 1.76 bits per heavy atom. The Balaban J connectivity index is 2.94. The summed E-state index contributed by atoms with van der Waals surface area (Å²) in [5.41, 5.74) is 5.24. The largest absolute Gasteiger partial charge is 0.403 e. The first-order valence-electron chi connectivity index (χ1n) is 5.88. The molecule has 1 heterocycles. The highest BCUT2D eigenvalue weighted by Crippen LogP contribution is 2.24. The molecule has 0 aromatic rings. The van der Waals surface area contributed by atoms with Crippen LogP contribution in [0.4, 0.5) is 0 Å². The molecule has 0 amide bonds. The van der Waals surface area contributed by atoms with E-state index in [4.69, 9.17) is 15.9 Å². The molecule has 0 spiro atoms. The van der Waals surface area contributed by atoms with Gasteiger partial charge in [-0.3, -0.25) is 9.59 Å². The number of aliphatic hydroxyl groups is 6. The molecule has 11 heteroatoms. The molecule has 0 saturated carbocycles. The second kappa shape index (κ2) is 6.62. The number of rotatable bonds is 5. The quantitative estimate of drug-likeness (QED) is 0.239. The van der Waals surface area contributed by atoms with Crippen molar-refractivity contribution < 1.29 is 49.7 Å². The minimum Gasteiger partial charge on any atom is -0.396 e. The van der Waals surface area contributed by atoms with Gasteiger partial charge in [-0.05, 0) is 0 Å². The molecule has 21 heavy (non-hydrogen) atoms. The number of carbonyl (C=O) groups excluding carboxylic acids is 2. The molecule has 0 radical (unpaired) electrons. The summed E-state index contributed by atoms with van der Waals surface area (Å²) in [5.74, 6) is -5.77. The van der Waals surface area contributed by atoms with E-state index < -0.39 is 61.4 Å². The van der Waals surface area contributed by atoms with Crippen molar-refractivity contribution in [3.63, 3.8) is 0 Å². The van der Waals surface area contributed by atoms with Crippen LogP contribution >= 0.6 is 0 Å². The lowest BCUT2D eigenvalue weighted by Gasteiger charge is -2.34. The highest BCUT2D eigenvalue weighted by molar-refractivity contribution is 5.84. The first kappa shape index (κ1) is 17.7. The Bertz CT molecular complexity index is 403. The summed E-state index contributed by atoms with van der Waals surface area (Å²) in [6.45, 7) is -0.964. The standard InChI is InChI=1S/C10H17NO10/c11-3-1-5(14)20-10(19,21-9(3)18)8(17)7(16)6(15)4(13)2-12/h3-4,6-8,12-13,15-17,19H,1-2,11H2/t3?,4-,6+,7+,8+,10?/m0/s1. The molecule has 0 aliphatic carbocycles. The highest BCUT2D eigenvalue weighted by atomic mass is 16.9. The number of ether oxygens (including phenoxy) is 2. The van der Waals surface area contributed by atoms with Crippen molar-refractivity contribution in [2.45, 2.75) is 42.9 Å². The third-order valence-electron chi connectivity index (χ3n) is 2.82. The smallest absolute Gasteiger partial charge is 0.396 e. The van der Waals surface area contributed by atoms with Crippen LogP contribution in [-0.4, -0.2) is 85.6 Å². The van der Waals surface area contributed by atoms with E-state index in [0.717, 1.165) is 0 Å². The number of esters is 2. The molecule has 1 saturated heterocycles. The maximum absolute atomic E-state index is 11.4. The molecule has 122 valence electrons. The summed E-state index contributed by atoms with van der Waals surface area (Å²) in [4.78, 5) is 22.7. The molecule has 0 aromatic heterocycles. The van der Waals surface area contributed by atoms with E-state index >= 15 is 0 Å². The van der Waals surface area contributed by atoms with Crippen molar-refractivity contribution in [3.8, 4) is 0 Å². The van der Waals surface area contributed by atoms with E-state index in [2.05, 4.69) is 9.47 Å². The summed E-state index contributed by atoms with van der Waals surface area (Å²) in [6.07, 6.45) is -9.45. The molecule has 1 aliphatic rings. The summed E-state index contributed by atoms with van der Waals surface area (Å²) in [7, 11) is 0. The van der Waals surface area contributed by atoms with E-state index in [1.165, 1.54) is 0 Å². The van der Waals surface area contributed by atoms with Crippen molar-refractivity contribution in [3.05, 3.63) is 0 Å². The molecular weight excluding hydrogens is 294 g/mol. The second-order valence-corrected chi connectivity index (χ2v) is 4.51. The van der Waals surface area contributed by atoms with Gasteiger partial charge < -0.3 is 45.8 Å². The zero-order valence-corrected chi connectivity index (χ0v) is 10.7. The van der Waals surface area contributed by atoms with Crippen molar-refractivity contribution in [1.29, 1.82) is 0 Å². The van der Waals surface area contributed by atoms with Gasteiger partial charge in [-0.2, -0.15) is 0 Å². The molecule has 0 aromatic carbocycles. The Kier molecular flexibility index (Phi) is 5.58. The van der Waals surface area contributed by atoms with Gasteiger partial charge in [-0.25, -0.2) is 0 Å². The number of aliphatic hydroxyl groups excluding tert-OH is 5. The first-order chi connectivity index (χ1) is 9.62. The van der Waals surface area contributed by atoms with Gasteiger partial charge in [0.1, 0.15) is 24.4 Å². The average molecular weight is 311 g/mol. The summed E-state index contributed by atoms with van der Waals surface area (Å²) < 4.78 is 8.63. The third-order valence-corrected chi connectivity index (χ3v) is 2.82. The van der Waals surface area contributed by atoms with Crippen LogP contribution in [0.25, 0.3) is 0 Å². The van der Waals surface area contributed by atoms with Crippen LogP contribution in [0.5, 0.6) is 0 Å². The van der Waals surface area contributed by atoms with Crippen LogP contribution in [0.15, 0.2) is 0 Å². The van der Waals surface area contributed by atoms with Crippen LogP contribution in [-0.2, 0) is 19.1 Å². The van der Waals surface area contributed by atoms with Gasteiger partial charge in [0.15, 0.2) is 6.10 Å². The van der Waals surface area contributed by atoms with Crippen molar-refractivity contribution in [2.75, 3.05) is 6.61 Å². The number of hydrogen-bond acceptors (Lipinski definition) is 11. The average Bonchev–Trinajstić information content (AvgIpc) is 2.52. The minimum atomic E-state index is -3.29. The van der Waals surface area contributed by atoms with Gasteiger partial charge in [-0.1, -0.05) is 0 Å². The molecule has 1 aliphatic heterocycles. The zero-order valence-electron chi connectivity index (χ0n) is 10.7. The molecule has 1 rings (SSSR count). The topological polar surface area (TPSA) is 200 Å². The molecule has 1 fully saturated rings. The molecule has 6 atom stereocenters. The fourth-order valence-corrected chi connectivity index (χ4v) is 1.57. The van der Waals surface area contributed by atoms with Crippen LogP contribution < -0.4 is 5.73 Å². The molecule has 2 unspecified atom stereocenters. The highest BCUT2D eigenvalue weighted by Gasteiger charge is 2.53. The zero-order chi connectivity index (χ0) is 16.4. The van der Waals surface area contributed by atoms with Gasteiger partial charge >= 0.3 is 17.9 Å². The van der Waals surface area contributed by atoms with Crippen molar-refractivity contribution in [2.24, 2.45) is 5.73 Å². The van der Waals surface area contributed by atoms with Crippen LogP contribution in [0.1, 0.15) is 6.42 Å². The lowest BCUT2D eigenvalue weighted by molar-refractivity contribution is -0.372. The maximum Gasteiger partial charge on any atom is 0.403 e. The van der Waals surface area contributed by atoms with E-state index in [9.17, 15) is 30.0 Å².